The molecule has 0 aliphatic rings. The predicted octanol–water partition coefficient (Wildman–Crippen LogP) is 2.18. The van der Waals surface area contributed by atoms with Gasteiger partial charge in [0, 0.05) is 17.5 Å². The van der Waals surface area contributed by atoms with Crippen LogP contribution >= 0.6 is 0 Å². The number of amidine groups is 1. The van der Waals surface area contributed by atoms with E-state index in [1.54, 1.807) is 25.1 Å². The minimum absolute atomic E-state index is 0.137. The molecule has 0 radical (unpaired) electrons. The number of nitrogens with two attached hydrogens (primary N) is 1. The number of pyridine rings is 2. The SMILES string of the molecule is Cc1cc(-c2c(C)ccnc2F)cc(C(=N)N)n1. The van der Waals surface area contributed by atoms with Gasteiger partial charge in [0.05, 0.1) is 0 Å². The van der Waals surface area contributed by atoms with Crippen LogP contribution in [0.2, 0.25) is 0 Å². The fourth-order valence-corrected chi connectivity index (χ4v) is 1.82. The van der Waals surface area contributed by atoms with Crippen molar-refractivity contribution in [1.29, 1.82) is 5.41 Å². The molecule has 0 bridgehead atoms. The van der Waals surface area contributed by atoms with Crippen LogP contribution in [0.1, 0.15) is 17.0 Å². The lowest BCUT2D eigenvalue weighted by Crippen LogP contribution is -2.14. The summed E-state index contributed by atoms with van der Waals surface area (Å²) in [6, 6.07) is 5.09. The number of hydrogen-bond acceptors (Lipinski definition) is 3. The van der Waals surface area contributed by atoms with Gasteiger partial charge in [0.25, 0.3) is 0 Å². The van der Waals surface area contributed by atoms with Crippen LogP contribution in [-0.2, 0) is 0 Å². The largest absolute Gasteiger partial charge is 0.382 e. The molecular formula is C13H13FN4. The molecule has 0 aliphatic carbocycles. The van der Waals surface area contributed by atoms with Crippen LogP contribution in [0, 0.1) is 25.2 Å². The quantitative estimate of drug-likeness (QED) is 0.483. The first-order chi connectivity index (χ1) is 8.49. The van der Waals surface area contributed by atoms with Crippen LogP contribution in [-0.4, -0.2) is 15.8 Å². The van der Waals surface area contributed by atoms with Gasteiger partial charge in [0.15, 0.2) is 0 Å². The Labute approximate surface area is 104 Å². The molecular weight excluding hydrogens is 231 g/mol. The lowest BCUT2D eigenvalue weighted by Gasteiger charge is -2.09. The number of nitrogens with zero attached hydrogens (tertiary/aromatic N) is 2. The third-order valence-corrected chi connectivity index (χ3v) is 2.63. The fraction of sp³-hybridized carbons (Fsp3) is 0.154. The minimum Gasteiger partial charge on any atom is -0.382 e. The van der Waals surface area contributed by atoms with Crippen LogP contribution in [0.25, 0.3) is 11.1 Å². The zero-order chi connectivity index (χ0) is 13.3. The summed E-state index contributed by atoms with van der Waals surface area (Å²) in [7, 11) is 0. The third-order valence-electron chi connectivity index (χ3n) is 2.63. The van der Waals surface area contributed by atoms with E-state index in [0.29, 0.717) is 22.5 Å². The Kier molecular flexibility index (Phi) is 3.06. The second-order valence-corrected chi connectivity index (χ2v) is 4.09. The fourth-order valence-electron chi connectivity index (χ4n) is 1.82. The lowest BCUT2D eigenvalue weighted by atomic mass is 10.0. The highest BCUT2D eigenvalue weighted by Crippen LogP contribution is 2.26. The van der Waals surface area contributed by atoms with E-state index in [-0.39, 0.29) is 5.84 Å². The summed E-state index contributed by atoms with van der Waals surface area (Å²) in [5.41, 5.74) is 8.28. The van der Waals surface area contributed by atoms with E-state index in [1.807, 2.05) is 6.92 Å². The van der Waals surface area contributed by atoms with Crippen LogP contribution in [0.3, 0.4) is 0 Å². The molecule has 0 unspecified atom stereocenters. The van der Waals surface area contributed by atoms with E-state index in [2.05, 4.69) is 9.97 Å². The van der Waals surface area contributed by atoms with Crippen LogP contribution in [0.5, 0.6) is 0 Å². The summed E-state index contributed by atoms with van der Waals surface area (Å²) in [6.45, 7) is 3.59. The van der Waals surface area contributed by atoms with E-state index < -0.39 is 5.95 Å². The highest BCUT2D eigenvalue weighted by Gasteiger charge is 2.12. The number of aromatic nitrogens is 2. The molecule has 4 nitrogen and oxygen atoms in total. The van der Waals surface area contributed by atoms with Crippen molar-refractivity contribution in [2.75, 3.05) is 0 Å². The van der Waals surface area contributed by atoms with Crippen molar-refractivity contribution in [3.8, 4) is 11.1 Å². The smallest absolute Gasteiger partial charge is 0.220 e. The lowest BCUT2D eigenvalue weighted by molar-refractivity contribution is 0.586. The van der Waals surface area contributed by atoms with Gasteiger partial charge in [0.2, 0.25) is 5.95 Å². The maximum absolute atomic E-state index is 13.8. The number of nitrogens with one attached hydrogen (secondary N) is 1. The van der Waals surface area contributed by atoms with Crippen LogP contribution in [0.4, 0.5) is 4.39 Å². The Morgan fingerprint density at radius 2 is 2.06 bits per heavy atom. The number of hydrogen-bond donors (Lipinski definition) is 2. The Balaban J connectivity index is 2.68. The van der Waals surface area contributed by atoms with Crippen molar-refractivity contribution < 1.29 is 4.39 Å². The van der Waals surface area contributed by atoms with Crippen molar-refractivity contribution in [1.82, 2.24) is 9.97 Å². The first-order valence-electron chi connectivity index (χ1n) is 5.43. The summed E-state index contributed by atoms with van der Waals surface area (Å²) in [5, 5.41) is 7.40. The molecule has 0 amide bonds. The molecule has 18 heavy (non-hydrogen) atoms. The average Bonchev–Trinajstić information content (AvgIpc) is 2.28. The number of nitrogen functional groups attached to an aromatic ring is 1. The maximum atomic E-state index is 13.8. The van der Waals surface area contributed by atoms with Gasteiger partial charge in [-0.2, -0.15) is 4.39 Å². The molecule has 0 aromatic carbocycles. The molecule has 0 aliphatic heterocycles. The first kappa shape index (κ1) is 12.2. The summed E-state index contributed by atoms with van der Waals surface area (Å²) in [5.74, 6) is -0.669. The van der Waals surface area contributed by atoms with Gasteiger partial charge in [-0.15, -0.1) is 0 Å². The molecule has 0 fully saturated rings. The molecule has 5 heteroatoms. The van der Waals surface area contributed by atoms with Gasteiger partial charge in [-0.3, -0.25) is 5.41 Å². The molecule has 0 atom stereocenters. The van der Waals surface area contributed by atoms with Gasteiger partial charge in [-0.05, 0) is 43.2 Å². The first-order valence-corrected chi connectivity index (χ1v) is 5.43. The van der Waals surface area contributed by atoms with Crippen molar-refractivity contribution in [2.45, 2.75) is 13.8 Å². The number of halogens is 1. The Morgan fingerprint density at radius 1 is 1.33 bits per heavy atom. The van der Waals surface area contributed by atoms with Gasteiger partial charge >= 0.3 is 0 Å². The molecule has 2 aromatic heterocycles. The molecule has 2 aromatic rings. The molecule has 2 rings (SSSR count). The second-order valence-electron chi connectivity index (χ2n) is 4.09. The summed E-state index contributed by atoms with van der Waals surface area (Å²) in [4.78, 5) is 7.77. The van der Waals surface area contributed by atoms with Gasteiger partial charge < -0.3 is 5.73 Å². The standard InChI is InChI=1S/C13H13FN4/c1-7-3-4-17-12(14)11(7)9-5-8(2)18-10(6-9)13(15)16/h3-6H,1-2H3,(H3,15,16). The van der Waals surface area contributed by atoms with Crippen LogP contribution in [0.15, 0.2) is 24.4 Å². The van der Waals surface area contributed by atoms with E-state index in [9.17, 15) is 4.39 Å². The highest BCUT2D eigenvalue weighted by molar-refractivity contribution is 5.94. The van der Waals surface area contributed by atoms with E-state index in [1.165, 1.54) is 6.20 Å². The van der Waals surface area contributed by atoms with E-state index in [0.717, 1.165) is 5.56 Å². The van der Waals surface area contributed by atoms with Crippen LogP contribution < -0.4 is 5.73 Å². The monoisotopic (exact) mass is 244 g/mol. The molecule has 0 saturated heterocycles. The Morgan fingerprint density at radius 3 is 2.67 bits per heavy atom. The molecule has 92 valence electrons. The van der Waals surface area contributed by atoms with Gasteiger partial charge in [-0.1, -0.05) is 0 Å². The Hall–Kier alpha value is -2.30. The highest BCUT2D eigenvalue weighted by atomic mass is 19.1. The minimum atomic E-state index is -0.532. The van der Waals surface area contributed by atoms with Crippen molar-refractivity contribution in [3.05, 3.63) is 47.3 Å². The third kappa shape index (κ3) is 2.20. The molecule has 0 spiro atoms. The summed E-state index contributed by atoms with van der Waals surface area (Å²) in [6.07, 6.45) is 1.42. The van der Waals surface area contributed by atoms with E-state index >= 15 is 0 Å². The average molecular weight is 244 g/mol. The zero-order valence-electron chi connectivity index (χ0n) is 10.2. The maximum Gasteiger partial charge on any atom is 0.220 e. The number of aryl methyl sites for hydroxylation is 2. The van der Waals surface area contributed by atoms with Crippen molar-refractivity contribution in [2.24, 2.45) is 5.73 Å². The predicted molar refractivity (Wildman–Crippen MR) is 67.9 cm³/mol. The van der Waals surface area contributed by atoms with E-state index in [4.69, 9.17) is 11.1 Å². The Bertz CT molecular complexity index is 602. The summed E-state index contributed by atoms with van der Waals surface area (Å²) >= 11 is 0. The molecule has 2 heterocycles. The van der Waals surface area contributed by atoms with Gasteiger partial charge in [-0.25, -0.2) is 9.97 Å². The van der Waals surface area contributed by atoms with Crippen molar-refractivity contribution in [3.63, 3.8) is 0 Å². The zero-order valence-corrected chi connectivity index (χ0v) is 10.2. The topological polar surface area (TPSA) is 75.7 Å². The van der Waals surface area contributed by atoms with Crippen molar-refractivity contribution >= 4 is 5.84 Å². The summed E-state index contributed by atoms with van der Waals surface area (Å²) < 4.78 is 13.8. The molecule has 3 N–H and O–H groups in total. The normalized spacial score (nSPS) is 10.4. The number of rotatable bonds is 2. The second kappa shape index (κ2) is 4.52. The van der Waals surface area contributed by atoms with Gasteiger partial charge in [0.1, 0.15) is 11.5 Å². The molecule has 0 saturated carbocycles.